The van der Waals surface area contributed by atoms with E-state index < -0.39 is 0 Å². The zero-order chi connectivity index (χ0) is 11.4. The van der Waals surface area contributed by atoms with Gasteiger partial charge in [-0.25, -0.2) is 0 Å². The molecule has 0 bridgehead atoms. The highest BCUT2D eigenvalue weighted by Crippen LogP contribution is 1.90. The Bertz CT molecular complexity index is 281. The topological polar surface area (TPSA) is 188 Å². The zero-order valence-corrected chi connectivity index (χ0v) is 7.57. The van der Waals surface area contributed by atoms with Crippen LogP contribution in [0.1, 0.15) is 0 Å². The first kappa shape index (κ1) is 18.2. The van der Waals surface area contributed by atoms with E-state index in [4.69, 9.17) is 22.1 Å². The van der Waals surface area contributed by atoms with Crippen molar-refractivity contribution in [3.8, 4) is 0 Å². The Balaban J connectivity index is -0.000000177. The number of allylic oxidation sites excluding steroid dienone is 4. The van der Waals surface area contributed by atoms with Gasteiger partial charge in [0, 0.05) is 0 Å². The SMILES string of the molecule is N.O=C1C=CC(=O)C=C1.[N-]=[N+]=N.[N-]=[N+]=[N-]. The Hall–Kier alpha value is -2.60. The highest BCUT2D eigenvalue weighted by Gasteiger charge is 1.97. The van der Waals surface area contributed by atoms with Gasteiger partial charge in [0.2, 0.25) is 0 Å². The molecule has 9 heteroatoms. The minimum Gasteiger partial charge on any atom is -0.373 e. The lowest BCUT2D eigenvalue weighted by atomic mass is 10.2. The van der Waals surface area contributed by atoms with Crippen molar-refractivity contribution >= 4 is 11.6 Å². The van der Waals surface area contributed by atoms with Crippen LogP contribution in [0.5, 0.6) is 0 Å². The van der Waals surface area contributed by atoms with E-state index in [9.17, 15) is 9.59 Å². The Labute approximate surface area is 84.5 Å². The Kier molecular flexibility index (Phi) is 17.0. The normalized spacial score (nSPS) is 10.4. The minimum absolute atomic E-state index is 0. The van der Waals surface area contributed by atoms with Gasteiger partial charge >= 0.3 is 0 Å². The van der Waals surface area contributed by atoms with Gasteiger partial charge in [0.15, 0.2) is 11.6 Å². The van der Waals surface area contributed by atoms with E-state index in [0.717, 1.165) is 0 Å². The van der Waals surface area contributed by atoms with E-state index in [1.807, 2.05) is 0 Å². The predicted octanol–water partition coefficient (Wildman–Crippen LogP) is 2.15. The van der Waals surface area contributed by atoms with E-state index in [0.29, 0.717) is 0 Å². The molecule has 0 aromatic carbocycles. The quantitative estimate of drug-likeness (QED) is 0.268. The lowest BCUT2D eigenvalue weighted by Gasteiger charge is -1.87. The van der Waals surface area contributed by atoms with Crippen LogP contribution in [0.25, 0.3) is 26.4 Å². The van der Waals surface area contributed by atoms with Crippen LogP contribution in [-0.2, 0) is 9.59 Å². The second-order valence-corrected chi connectivity index (χ2v) is 1.66. The number of nitrogens with one attached hydrogen (secondary N) is 1. The van der Waals surface area contributed by atoms with E-state index in [1.54, 1.807) is 4.91 Å². The molecule has 15 heavy (non-hydrogen) atoms. The zero-order valence-electron chi connectivity index (χ0n) is 7.57. The van der Waals surface area contributed by atoms with Gasteiger partial charge in [-0.2, -0.15) is 0 Å². The maximum Gasteiger partial charge on any atom is 0.178 e. The molecule has 0 heterocycles. The van der Waals surface area contributed by atoms with Crippen molar-refractivity contribution < 1.29 is 9.59 Å². The highest BCUT2D eigenvalue weighted by atomic mass is 16.1. The van der Waals surface area contributed by atoms with Gasteiger partial charge < -0.3 is 17.2 Å². The molecule has 0 aromatic heterocycles. The van der Waals surface area contributed by atoms with Crippen LogP contribution in [0.4, 0.5) is 0 Å². The van der Waals surface area contributed by atoms with E-state index in [2.05, 4.69) is 0 Å². The summed E-state index contributed by atoms with van der Waals surface area (Å²) in [6.07, 6.45) is 5.01. The predicted molar refractivity (Wildman–Crippen MR) is 52.8 cm³/mol. The lowest BCUT2D eigenvalue weighted by Crippen LogP contribution is -1.97. The molecule has 0 saturated carbocycles. The number of hydrogen-bond acceptors (Lipinski definition) is 4. The van der Waals surface area contributed by atoms with E-state index in [-0.39, 0.29) is 17.7 Å². The first-order valence-electron chi connectivity index (χ1n) is 3.05. The van der Waals surface area contributed by atoms with Crippen LogP contribution in [0.3, 0.4) is 0 Å². The van der Waals surface area contributed by atoms with Gasteiger partial charge in [0.05, 0.1) is 0 Å². The van der Waals surface area contributed by atoms with Gasteiger partial charge in [-0.3, -0.25) is 14.5 Å². The third-order valence-electron chi connectivity index (χ3n) is 0.824. The maximum atomic E-state index is 10.3. The number of rotatable bonds is 0. The number of carbonyl (C=O) groups is 2. The van der Waals surface area contributed by atoms with Crippen molar-refractivity contribution in [2.75, 3.05) is 0 Å². The largest absolute Gasteiger partial charge is 0.373 e. The molecule has 0 saturated heterocycles. The van der Waals surface area contributed by atoms with Gasteiger partial charge in [0.1, 0.15) is 0 Å². The first-order chi connectivity index (χ1) is 6.62. The van der Waals surface area contributed by atoms with Gasteiger partial charge in [-0.1, -0.05) is 0 Å². The van der Waals surface area contributed by atoms with Crippen LogP contribution >= 0.6 is 0 Å². The molecule has 0 atom stereocenters. The molecular formula is C6H8N7O2-. The van der Waals surface area contributed by atoms with E-state index >= 15 is 0 Å². The second kappa shape index (κ2) is 14.0. The Morgan fingerprint density at radius 3 is 1.20 bits per heavy atom. The van der Waals surface area contributed by atoms with E-state index in [1.165, 1.54) is 29.2 Å². The summed E-state index contributed by atoms with van der Waals surface area (Å²) in [5, 5.41) is 0. The van der Waals surface area contributed by atoms with Crippen LogP contribution < -0.4 is 6.15 Å². The summed E-state index contributed by atoms with van der Waals surface area (Å²) in [6.45, 7) is 0. The van der Waals surface area contributed by atoms with Crippen LogP contribution in [0.2, 0.25) is 0 Å². The van der Waals surface area contributed by atoms with Crippen molar-refractivity contribution in [3.05, 3.63) is 50.7 Å². The molecule has 1 aliphatic carbocycles. The minimum atomic E-state index is -0.121. The van der Waals surface area contributed by atoms with Gasteiger partial charge in [0.25, 0.3) is 0 Å². The Morgan fingerprint density at radius 1 is 0.933 bits per heavy atom. The number of ketones is 2. The molecule has 0 fully saturated rings. The third kappa shape index (κ3) is 18.4. The monoisotopic (exact) mass is 210 g/mol. The molecule has 0 spiro atoms. The fourth-order valence-electron chi connectivity index (χ4n) is 0.440. The summed E-state index contributed by atoms with van der Waals surface area (Å²) >= 11 is 0. The Morgan fingerprint density at radius 2 is 1.07 bits per heavy atom. The van der Waals surface area contributed by atoms with Gasteiger partial charge in [-0.15, -0.1) is 5.53 Å². The van der Waals surface area contributed by atoms with Gasteiger partial charge in [-0.05, 0) is 34.7 Å². The molecule has 0 aromatic rings. The smallest absolute Gasteiger partial charge is 0.178 e. The first-order valence-corrected chi connectivity index (χ1v) is 3.05. The fourth-order valence-corrected chi connectivity index (χ4v) is 0.440. The van der Waals surface area contributed by atoms with Crippen LogP contribution in [-0.4, -0.2) is 11.6 Å². The average molecular weight is 210 g/mol. The molecule has 80 valence electrons. The summed E-state index contributed by atoms with van der Waals surface area (Å²) in [7, 11) is 0. The van der Waals surface area contributed by atoms with Crippen molar-refractivity contribution in [1.29, 1.82) is 5.53 Å². The molecule has 0 aliphatic heterocycles. The standard InChI is InChI=1S/C6H4O2.HN3.N3.H3N/c7-5-1-2-6(8)4-3-5;2*1-3-2;/h1-4H;1H;;1H3/q;;-1;. The molecule has 0 amide bonds. The molecular weight excluding hydrogens is 202 g/mol. The van der Waals surface area contributed by atoms with Crippen LogP contribution in [0.15, 0.2) is 24.3 Å². The molecule has 4 N–H and O–H groups in total. The molecule has 1 rings (SSSR count). The molecule has 0 radical (unpaired) electrons. The average Bonchev–Trinajstić information content (AvgIpc) is 2.13. The number of nitrogens with zero attached hydrogens (tertiary/aromatic N) is 5. The number of carbonyl (C=O) groups excluding carboxylic acids is 2. The van der Waals surface area contributed by atoms with Crippen molar-refractivity contribution in [2.45, 2.75) is 0 Å². The third-order valence-corrected chi connectivity index (χ3v) is 0.824. The molecule has 1 aliphatic rings. The van der Waals surface area contributed by atoms with Crippen LogP contribution in [0, 0.1) is 5.53 Å². The maximum absolute atomic E-state index is 10.3. The molecule has 0 unspecified atom stereocenters. The summed E-state index contributed by atoms with van der Waals surface area (Å²) in [4.78, 5) is 23.8. The summed E-state index contributed by atoms with van der Waals surface area (Å²) in [6, 6.07) is 0. The highest BCUT2D eigenvalue weighted by molar-refractivity contribution is 6.14. The van der Waals surface area contributed by atoms with Crippen molar-refractivity contribution in [3.63, 3.8) is 0 Å². The number of hydrogen-bond donors (Lipinski definition) is 2. The second-order valence-electron chi connectivity index (χ2n) is 1.66. The lowest BCUT2D eigenvalue weighted by molar-refractivity contribution is -0.113. The summed E-state index contributed by atoms with van der Waals surface area (Å²) in [5.74, 6) is -0.241. The summed E-state index contributed by atoms with van der Waals surface area (Å²) in [5.41, 5.74) is 25.8. The van der Waals surface area contributed by atoms with Crippen molar-refractivity contribution in [2.24, 2.45) is 0 Å². The fraction of sp³-hybridized carbons (Fsp3) is 0. The summed E-state index contributed by atoms with van der Waals surface area (Å²) < 4.78 is 0. The van der Waals surface area contributed by atoms with Crippen molar-refractivity contribution in [1.82, 2.24) is 6.15 Å². The molecule has 9 nitrogen and oxygen atoms in total.